The predicted molar refractivity (Wildman–Crippen MR) is 105 cm³/mol. The zero-order chi connectivity index (χ0) is 19.9. The van der Waals surface area contributed by atoms with E-state index in [9.17, 15) is 14.4 Å². The van der Waals surface area contributed by atoms with Gasteiger partial charge in [-0.25, -0.2) is 9.78 Å². The van der Waals surface area contributed by atoms with Crippen molar-refractivity contribution in [1.82, 2.24) is 14.1 Å². The Balaban J connectivity index is 2.08. The molecule has 140 valence electrons. The normalized spacial score (nSPS) is 11.2. The van der Waals surface area contributed by atoms with Gasteiger partial charge in [0.2, 0.25) is 0 Å². The van der Waals surface area contributed by atoms with Crippen LogP contribution in [0.25, 0.3) is 11.0 Å². The van der Waals surface area contributed by atoms with Crippen LogP contribution >= 0.6 is 0 Å². The van der Waals surface area contributed by atoms with Crippen molar-refractivity contribution in [1.29, 1.82) is 0 Å². The average molecular weight is 366 g/mol. The number of rotatable bonds is 3. The second-order valence-corrected chi connectivity index (χ2v) is 6.92. The van der Waals surface area contributed by atoms with E-state index in [1.165, 1.54) is 30.8 Å². The van der Waals surface area contributed by atoms with Crippen molar-refractivity contribution in [3.8, 4) is 0 Å². The molecular weight excluding hydrogens is 344 g/mol. The van der Waals surface area contributed by atoms with Crippen molar-refractivity contribution < 1.29 is 4.79 Å². The number of para-hydroxylation sites is 1. The minimum Gasteiger partial charge on any atom is -0.320 e. The molecule has 0 aliphatic heterocycles. The maximum atomic E-state index is 12.8. The molecule has 7 nitrogen and oxygen atoms in total. The smallest absolute Gasteiger partial charge is 0.320 e. The fourth-order valence-corrected chi connectivity index (χ4v) is 3.10. The first-order valence-electron chi connectivity index (χ1n) is 8.70. The maximum Gasteiger partial charge on any atom is 0.332 e. The standard InChI is InChI=1S/C20H22N4O3/c1-11(2)13-8-6-7-12(3)16(13)22-18(25)15-10-9-14-17(21-15)23(4)20(27)24(5)19(14)26/h6-11H,1-5H3,(H,22,25). The topological polar surface area (TPSA) is 86.0 Å². The van der Waals surface area contributed by atoms with Gasteiger partial charge in [-0.05, 0) is 36.1 Å². The van der Waals surface area contributed by atoms with Crippen molar-refractivity contribution in [3.63, 3.8) is 0 Å². The molecule has 0 bridgehead atoms. The third-order valence-corrected chi connectivity index (χ3v) is 4.70. The highest BCUT2D eigenvalue weighted by Crippen LogP contribution is 2.27. The zero-order valence-corrected chi connectivity index (χ0v) is 16.0. The Morgan fingerprint density at radius 3 is 2.44 bits per heavy atom. The molecule has 2 heterocycles. The summed E-state index contributed by atoms with van der Waals surface area (Å²) in [6, 6.07) is 8.90. The largest absolute Gasteiger partial charge is 0.332 e. The molecule has 0 aliphatic rings. The molecule has 1 amide bonds. The molecule has 0 aliphatic carbocycles. The number of aromatic nitrogens is 3. The minimum atomic E-state index is -0.487. The SMILES string of the molecule is Cc1cccc(C(C)C)c1NC(=O)c1ccc2c(=O)n(C)c(=O)n(C)c2n1. The third-order valence-electron chi connectivity index (χ3n) is 4.70. The van der Waals surface area contributed by atoms with E-state index < -0.39 is 11.2 Å². The Morgan fingerprint density at radius 1 is 1.07 bits per heavy atom. The quantitative estimate of drug-likeness (QED) is 0.771. The summed E-state index contributed by atoms with van der Waals surface area (Å²) >= 11 is 0. The fourth-order valence-electron chi connectivity index (χ4n) is 3.10. The molecule has 0 atom stereocenters. The van der Waals surface area contributed by atoms with Crippen LogP contribution in [0.5, 0.6) is 0 Å². The molecule has 7 heteroatoms. The number of carbonyl (C=O) groups is 1. The molecule has 0 unspecified atom stereocenters. The highest BCUT2D eigenvalue weighted by molar-refractivity contribution is 6.04. The highest BCUT2D eigenvalue weighted by Gasteiger charge is 2.16. The second kappa shape index (κ2) is 6.83. The molecule has 3 aromatic rings. The Bertz CT molecular complexity index is 1170. The Kier molecular flexibility index (Phi) is 4.70. The van der Waals surface area contributed by atoms with Gasteiger partial charge in [-0.1, -0.05) is 32.0 Å². The number of nitrogens with one attached hydrogen (secondary N) is 1. The Hall–Kier alpha value is -3.22. The van der Waals surface area contributed by atoms with E-state index in [-0.39, 0.29) is 28.6 Å². The van der Waals surface area contributed by atoms with Crippen molar-refractivity contribution in [3.05, 3.63) is 68.0 Å². The van der Waals surface area contributed by atoms with Crippen LogP contribution in [0.1, 0.15) is 41.4 Å². The molecule has 0 saturated carbocycles. The molecular formula is C20H22N4O3. The fraction of sp³-hybridized carbons (Fsp3) is 0.300. The van der Waals surface area contributed by atoms with Crippen LogP contribution < -0.4 is 16.6 Å². The second-order valence-electron chi connectivity index (χ2n) is 6.92. The third kappa shape index (κ3) is 3.16. The minimum absolute atomic E-state index is 0.142. The molecule has 1 aromatic carbocycles. The molecule has 2 aromatic heterocycles. The number of benzene rings is 1. The number of carbonyl (C=O) groups excluding carboxylic acids is 1. The number of anilines is 1. The number of hydrogen-bond donors (Lipinski definition) is 1. The lowest BCUT2D eigenvalue weighted by Crippen LogP contribution is -2.37. The van der Waals surface area contributed by atoms with E-state index in [0.29, 0.717) is 0 Å². The van der Waals surface area contributed by atoms with Gasteiger partial charge in [-0.3, -0.25) is 18.7 Å². The van der Waals surface area contributed by atoms with Gasteiger partial charge in [-0.15, -0.1) is 0 Å². The number of nitrogens with zero attached hydrogens (tertiary/aromatic N) is 3. The van der Waals surface area contributed by atoms with Crippen molar-refractivity contribution >= 4 is 22.6 Å². The van der Waals surface area contributed by atoms with Gasteiger partial charge >= 0.3 is 5.69 Å². The lowest BCUT2D eigenvalue weighted by molar-refractivity contribution is 0.102. The van der Waals surface area contributed by atoms with E-state index in [1.807, 2.05) is 25.1 Å². The monoisotopic (exact) mass is 366 g/mol. The summed E-state index contributed by atoms with van der Waals surface area (Å²) in [5, 5.41) is 3.22. The van der Waals surface area contributed by atoms with Gasteiger partial charge in [0.05, 0.1) is 5.39 Å². The maximum absolute atomic E-state index is 12.8. The molecule has 0 radical (unpaired) electrons. The Morgan fingerprint density at radius 2 is 1.78 bits per heavy atom. The van der Waals surface area contributed by atoms with E-state index >= 15 is 0 Å². The lowest BCUT2D eigenvalue weighted by atomic mass is 9.98. The summed E-state index contributed by atoms with van der Waals surface area (Å²) in [5.41, 5.74) is 2.15. The van der Waals surface area contributed by atoms with Gasteiger partial charge in [-0.2, -0.15) is 0 Å². The van der Waals surface area contributed by atoms with Gasteiger partial charge in [0.25, 0.3) is 11.5 Å². The summed E-state index contributed by atoms with van der Waals surface area (Å²) in [7, 11) is 2.94. The molecule has 1 N–H and O–H groups in total. The van der Waals surface area contributed by atoms with E-state index in [1.54, 1.807) is 0 Å². The summed E-state index contributed by atoms with van der Waals surface area (Å²) < 4.78 is 2.28. The first-order chi connectivity index (χ1) is 12.7. The Labute approximate surface area is 156 Å². The van der Waals surface area contributed by atoms with E-state index in [4.69, 9.17) is 0 Å². The van der Waals surface area contributed by atoms with Crippen molar-refractivity contribution in [2.75, 3.05) is 5.32 Å². The van der Waals surface area contributed by atoms with Crippen LogP contribution in [0.15, 0.2) is 39.9 Å². The zero-order valence-electron chi connectivity index (χ0n) is 16.0. The van der Waals surface area contributed by atoms with E-state index in [0.717, 1.165) is 21.4 Å². The van der Waals surface area contributed by atoms with Crippen LogP contribution in [0.4, 0.5) is 5.69 Å². The summed E-state index contributed by atoms with van der Waals surface area (Å²) in [5.74, 6) is -0.144. The lowest BCUT2D eigenvalue weighted by Gasteiger charge is -2.16. The van der Waals surface area contributed by atoms with Crippen LogP contribution in [-0.2, 0) is 14.1 Å². The number of amides is 1. The van der Waals surface area contributed by atoms with Crippen molar-refractivity contribution in [2.45, 2.75) is 26.7 Å². The molecule has 3 rings (SSSR count). The summed E-state index contributed by atoms with van der Waals surface area (Å²) in [6.45, 7) is 6.05. The molecule has 0 fully saturated rings. The molecule has 0 spiro atoms. The van der Waals surface area contributed by atoms with Crippen LogP contribution in [0.2, 0.25) is 0 Å². The number of fused-ring (bicyclic) bond motifs is 1. The van der Waals surface area contributed by atoms with Crippen molar-refractivity contribution in [2.24, 2.45) is 14.1 Å². The van der Waals surface area contributed by atoms with Crippen LogP contribution in [0, 0.1) is 6.92 Å². The number of pyridine rings is 1. The van der Waals surface area contributed by atoms with Gasteiger partial charge in [0.15, 0.2) is 0 Å². The summed E-state index contributed by atoms with van der Waals surface area (Å²) in [6.07, 6.45) is 0. The number of aryl methyl sites for hydroxylation is 2. The molecule has 0 saturated heterocycles. The van der Waals surface area contributed by atoms with Crippen LogP contribution in [0.3, 0.4) is 0 Å². The predicted octanol–water partition coefficient (Wildman–Crippen LogP) is 2.32. The summed E-state index contributed by atoms with van der Waals surface area (Å²) in [4.78, 5) is 41.4. The van der Waals surface area contributed by atoms with Gasteiger partial charge in [0.1, 0.15) is 11.3 Å². The van der Waals surface area contributed by atoms with Gasteiger partial charge in [0, 0.05) is 19.8 Å². The van der Waals surface area contributed by atoms with Gasteiger partial charge < -0.3 is 5.32 Å². The highest BCUT2D eigenvalue weighted by atomic mass is 16.2. The van der Waals surface area contributed by atoms with E-state index in [2.05, 4.69) is 24.1 Å². The molecule has 27 heavy (non-hydrogen) atoms. The first-order valence-corrected chi connectivity index (χ1v) is 8.70. The first kappa shape index (κ1) is 18.6. The average Bonchev–Trinajstić information content (AvgIpc) is 2.65. The number of hydrogen-bond acceptors (Lipinski definition) is 4. The van der Waals surface area contributed by atoms with Crippen LogP contribution in [-0.4, -0.2) is 20.0 Å².